The van der Waals surface area contributed by atoms with Crippen LogP contribution in [0.25, 0.3) is 0 Å². The third kappa shape index (κ3) is 4.04. The van der Waals surface area contributed by atoms with Crippen LogP contribution in [-0.2, 0) is 22.6 Å². The summed E-state index contributed by atoms with van der Waals surface area (Å²) in [4.78, 5) is 5.03. The molecule has 2 atom stereocenters. The number of methoxy groups -OCH3 is 2. The van der Waals surface area contributed by atoms with Crippen molar-refractivity contribution in [3.8, 4) is 5.75 Å². The van der Waals surface area contributed by atoms with Crippen LogP contribution in [0.15, 0.2) is 18.2 Å². The number of likely N-dealkylation sites (N-methyl/N-ethyl adjacent to an activating group) is 1. The van der Waals surface area contributed by atoms with E-state index in [2.05, 4.69) is 35.0 Å². The minimum Gasteiger partial charge on any atom is -0.496 e. The zero-order valence-corrected chi connectivity index (χ0v) is 14.5. The van der Waals surface area contributed by atoms with Crippen molar-refractivity contribution in [1.82, 2.24) is 9.80 Å². The van der Waals surface area contributed by atoms with Crippen LogP contribution in [0.2, 0.25) is 0 Å². The molecule has 2 saturated heterocycles. The number of ether oxygens (including phenoxy) is 3. The lowest BCUT2D eigenvalue weighted by molar-refractivity contribution is 0.0516. The molecule has 3 rings (SSSR count). The lowest BCUT2D eigenvalue weighted by atomic mass is 10.1. The molecule has 0 spiro atoms. The Balaban J connectivity index is 1.72. The topological polar surface area (TPSA) is 34.2 Å². The van der Waals surface area contributed by atoms with Gasteiger partial charge in [-0.15, -0.1) is 0 Å². The second kappa shape index (κ2) is 7.62. The summed E-state index contributed by atoms with van der Waals surface area (Å²) < 4.78 is 16.5. The number of rotatable bonds is 5. The molecule has 128 valence electrons. The first-order valence-corrected chi connectivity index (χ1v) is 8.34. The highest BCUT2D eigenvalue weighted by molar-refractivity contribution is 5.37. The molecule has 5 heteroatoms. The highest BCUT2D eigenvalue weighted by Crippen LogP contribution is 2.24. The summed E-state index contributed by atoms with van der Waals surface area (Å²) in [5.41, 5.74) is 2.43. The van der Waals surface area contributed by atoms with Gasteiger partial charge in [-0.2, -0.15) is 0 Å². The summed E-state index contributed by atoms with van der Waals surface area (Å²) in [5, 5.41) is 0. The first kappa shape index (κ1) is 16.7. The Labute approximate surface area is 139 Å². The molecule has 2 aliphatic heterocycles. The normalized spacial score (nSPS) is 26.0. The minimum absolute atomic E-state index is 0.499. The fourth-order valence-corrected chi connectivity index (χ4v) is 3.73. The fraction of sp³-hybridized carbons (Fsp3) is 0.667. The molecule has 2 heterocycles. The summed E-state index contributed by atoms with van der Waals surface area (Å²) in [6.07, 6.45) is 0. The Morgan fingerprint density at radius 3 is 2.83 bits per heavy atom. The van der Waals surface area contributed by atoms with Gasteiger partial charge in [0.1, 0.15) is 5.75 Å². The number of hydrogen-bond acceptors (Lipinski definition) is 5. The molecule has 2 bridgehead atoms. The Morgan fingerprint density at radius 1 is 1.17 bits per heavy atom. The highest BCUT2D eigenvalue weighted by atomic mass is 16.5. The monoisotopic (exact) mass is 320 g/mol. The largest absolute Gasteiger partial charge is 0.496 e. The molecule has 0 aliphatic carbocycles. The van der Waals surface area contributed by atoms with Crippen molar-refractivity contribution in [3.05, 3.63) is 29.3 Å². The molecule has 5 nitrogen and oxygen atoms in total. The van der Waals surface area contributed by atoms with Crippen molar-refractivity contribution >= 4 is 0 Å². The van der Waals surface area contributed by atoms with Crippen LogP contribution in [-0.4, -0.2) is 70.0 Å². The van der Waals surface area contributed by atoms with Gasteiger partial charge in [-0.1, -0.05) is 6.07 Å². The number of nitrogens with zero attached hydrogens (tertiary/aromatic N) is 2. The van der Waals surface area contributed by atoms with Crippen LogP contribution in [0.1, 0.15) is 11.1 Å². The SMILES string of the molecule is COCc1cc(CN2C[C@@H]3COC[C@H](C2)N(C)C3)ccc1OC. The number of benzene rings is 1. The predicted octanol–water partition coefficient (Wildman–Crippen LogP) is 1.60. The molecule has 2 fully saturated rings. The van der Waals surface area contributed by atoms with Gasteiger partial charge >= 0.3 is 0 Å². The Bertz CT molecular complexity index is 523. The van der Waals surface area contributed by atoms with E-state index in [1.807, 2.05) is 0 Å². The lowest BCUT2D eigenvalue weighted by Gasteiger charge is -2.29. The van der Waals surface area contributed by atoms with Gasteiger partial charge in [0.05, 0.1) is 26.9 Å². The summed E-state index contributed by atoms with van der Waals surface area (Å²) in [6.45, 7) is 6.60. The maximum atomic E-state index is 5.81. The quantitative estimate of drug-likeness (QED) is 0.823. The highest BCUT2D eigenvalue weighted by Gasteiger charge is 2.31. The van der Waals surface area contributed by atoms with Crippen molar-refractivity contribution in [2.75, 3.05) is 54.1 Å². The molecular weight excluding hydrogens is 292 g/mol. The van der Waals surface area contributed by atoms with Crippen LogP contribution in [0.3, 0.4) is 0 Å². The number of fused-ring (bicyclic) bond motifs is 3. The number of hydrogen-bond donors (Lipinski definition) is 0. The summed E-state index contributed by atoms with van der Waals surface area (Å²) in [7, 11) is 5.65. The van der Waals surface area contributed by atoms with Gasteiger partial charge in [0, 0.05) is 50.8 Å². The Morgan fingerprint density at radius 2 is 2.04 bits per heavy atom. The molecule has 1 aromatic rings. The molecule has 23 heavy (non-hydrogen) atoms. The first-order valence-electron chi connectivity index (χ1n) is 8.34. The third-order valence-electron chi connectivity index (χ3n) is 4.87. The molecule has 0 saturated carbocycles. The average molecular weight is 320 g/mol. The van der Waals surface area contributed by atoms with Crippen molar-refractivity contribution in [2.45, 2.75) is 19.2 Å². The van der Waals surface area contributed by atoms with Crippen LogP contribution in [0.5, 0.6) is 5.75 Å². The van der Waals surface area contributed by atoms with E-state index in [-0.39, 0.29) is 0 Å². The van der Waals surface area contributed by atoms with Crippen molar-refractivity contribution < 1.29 is 14.2 Å². The summed E-state index contributed by atoms with van der Waals surface area (Å²) in [5.74, 6) is 1.50. The molecule has 2 aliphatic rings. The van der Waals surface area contributed by atoms with Gasteiger partial charge in [0.25, 0.3) is 0 Å². The predicted molar refractivity (Wildman–Crippen MR) is 89.7 cm³/mol. The molecule has 0 N–H and O–H groups in total. The molecule has 0 radical (unpaired) electrons. The van der Waals surface area contributed by atoms with Crippen LogP contribution in [0.4, 0.5) is 0 Å². The van der Waals surface area contributed by atoms with E-state index >= 15 is 0 Å². The molecule has 0 unspecified atom stereocenters. The summed E-state index contributed by atoms with van der Waals surface area (Å²) in [6, 6.07) is 6.93. The standard InChI is InChI=1S/C18H28N2O3/c1-19-7-15-9-20(10-17(19)13-23-11-15)8-14-4-5-18(22-3)16(6-14)12-21-2/h4-6,15,17H,7-13H2,1-3H3/t15-,17+/m1/s1. The van der Waals surface area contributed by atoms with Crippen LogP contribution < -0.4 is 4.74 Å². The third-order valence-corrected chi connectivity index (χ3v) is 4.87. The molecule has 0 aromatic heterocycles. The van der Waals surface area contributed by atoms with Gasteiger partial charge in [0.2, 0.25) is 0 Å². The second-order valence-corrected chi connectivity index (χ2v) is 6.77. The van der Waals surface area contributed by atoms with Crippen molar-refractivity contribution in [3.63, 3.8) is 0 Å². The molecule has 0 amide bonds. The van der Waals surface area contributed by atoms with E-state index in [9.17, 15) is 0 Å². The first-order chi connectivity index (χ1) is 11.2. The van der Waals surface area contributed by atoms with Gasteiger partial charge in [0.15, 0.2) is 0 Å². The van der Waals surface area contributed by atoms with Gasteiger partial charge in [-0.05, 0) is 24.7 Å². The average Bonchev–Trinajstić information content (AvgIpc) is 2.77. The molecular formula is C18H28N2O3. The maximum Gasteiger partial charge on any atom is 0.124 e. The van der Waals surface area contributed by atoms with E-state index in [1.165, 1.54) is 5.56 Å². The van der Waals surface area contributed by atoms with Crippen molar-refractivity contribution in [2.24, 2.45) is 5.92 Å². The van der Waals surface area contributed by atoms with Crippen LogP contribution in [0, 0.1) is 5.92 Å². The maximum absolute atomic E-state index is 5.81. The van der Waals surface area contributed by atoms with E-state index in [1.54, 1.807) is 14.2 Å². The smallest absolute Gasteiger partial charge is 0.124 e. The zero-order chi connectivity index (χ0) is 16.2. The minimum atomic E-state index is 0.499. The summed E-state index contributed by atoms with van der Waals surface area (Å²) >= 11 is 0. The van der Waals surface area contributed by atoms with E-state index in [0.717, 1.165) is 50.7 Å². The van der Waals surface area contributed by atoms with Gasteiger partial charge < -0.3 is 14.2 Å². The lowest BCUT2D eigenvalue weighted by Crippen LogP contribution is -2.41. The fourth-order valence-electron chi connectivity index (χ4n) is 3.73. The van der Waals surface area contributed by atoms with Crippen LogP contribution >= 0.6 is 0 Å². The van der Waals surface area contributed by atoms with Gasteiger partial charge in [-0.3, -0.25) is 9.80 Å². The van der Waals surface area contributed by atoms with E-state index in [4.69, 9.17) is 14.2 Å². The molecule has 1 aromatic carbocycles. The zero-order valence-electron chi connectivity index (χ0n) is 14.5. The van der Waals surface area contributed by atoms with E-state index < -0.39 is 0 Å². The Kier molecular flexibility index (Phi) is 5.54. The van der Waals surface area contributed by atoms with Gasteiger partial charge in [-0.25, -0.2) is 0 Å². The van der Waals surface area contributed by atoms with Crippen molar-refractivity contribution in [1.29, 1.82) is 0 Å². The Hall–Kier alpha value is -1.14. The second-order valence-electron chi connectivity index (χ2n) is 6.77. The van der Waals surface area contributed by atoms with E-state index in [0.29, 0.717) is 18.6 Å².